The monoisotopic (exact) mass is 863 g/mol. The van der Waals surface area contributed by atoms with Gasteiger partial charge in [-0.2, -0.15) is 14.0 Å². The lowest BCUT2D eigenvalue weighted by Crippen LogP contribution is -2.58. The van der Waals surface area contributed by atoms with Crippen LogP contribution in [-0.2, 0) is 29.1 Å². The van der Waals surface area contributed by atoms with E-state index in [0.29, 0.717) is 43.5 Å². The summed E-state index contributed by atoms with van der Waals surface area (Å²) < 4.78 is 58.3. The first-order chi connectivity index (χ1) is 28.3. The lowest BCUT2D eigenvalue weighted by molar-refractivity contribution is -0.148. The third-order valence-corrected chi connectivity index (χ3v) is 14.7. The standard InChI is InChI=1S/C42H44F2N5O7PS2/c1-26(2)18-38(50)58-17-16-55-57(54,56-33-9-3-6-27(19-33)22-45)42(43,44)31-11-14-36-29(20-31)21-37(59-36)39(51)47-34-10-4-8-32-12-13-35(49(32)40(34)52)41(53)48-24-30(25-48)28-7-5-15-46-23-28/h3,5-7,9,11,14-15,19-21,23,26,30,32,34-35H,4,8,10,12-13,16-18,24-25H2,1-2H3,(H,47,51)/t32-,34-,35-,57?/m0/s1. The Kier molecular flexibility index (Phi) is 12.9. The molecule has 310 valence electrons. The van der Waals surface area contributed by atoms with Crippen molar-refractivity contribution in [3.05, 3.63) is 94.6 Å². The van der Waals surface area contributed by atoms with E-state index in [1.165, 1.54) is 36.4 Å². The minimum Gasteiger partial charge on any atom is -0.420 e. The van der Waals surface area contributed by atoms with Crippen LogP contribution in [-0.4, -0.2) is 81.2 Å². The second-order valence-corrected chi connectivity index (χ2v) is 19.7. The zero-order chi connectivity index (χ0) is 41.9. The Morgan fingerprint density at radius 1 is 1.08 bits per heavy atom. The van der Waals surface area contributed by atoms with E-state index in [0.717, 1.165) is 47.2 Å². The number of amides is 3. The summed E-state index contributed by atoms with van der Waals surface area (Å²) in [6.07, 6.45) is 6.84. The van der Waals surface area contributed by atoms with Gasteiger partial charge >= 0.3 is 13.3 Å². The van der Waals surface area contributed by atoms with Gasteiger partial charge in [0, 0.05) is 59.9 Å². The molecule has 2 aromatic carbocycles. The Bertz CT molecular complexity index is 2320. The molecule has 2 aromatic heterocycles. The fourth-order valence-corrected chi connectivity index (χ4v) is 11.2. The highest BCUT2D eigenvalue weighted by Gasteiger charge is 2.57. The minimum absolute atomic E-state index is 0.0418. The molecule has 4 atom stereocenters. The maximum Gasteiger partial charge on any atom is 0.453 e. The van der Waals surface area contributed by atoms with Gasteiger partial charge in [-0.3, -0.25) is 28.7 Å². The van der Waals surface area contributed by atoms with Gasteiger partial charge < -0.3 is 19.6 Å². The number of hydrogen-bond donors (Lipinski definition) is 1. The molecule has 0 spiro atoms. The predicted octanol–water partition coefficient (Wildman–Crippen LogP) is 8.08. The number of nitriles is 1. The summed E-state index contributed by atoms with van der Waals surface area (Å²) in [6.45, 7) is 4.38. The van der Waals surface area contributed by atoms with Gasteiger partial charge in [0.15, 0.2) is 5.12 Å². The maximum absolute atomic E-state index is 16.5. The lowest BCUT2D eigenvalue weighted by Gasteiger charge is -2.42. The molecule has 5 heterocycles. The van der Waals surface area contributed by atoms with Gasteiger partial charge in [0.1, 0.15) is 17.8 Å². The average Bonchev–Trinajstić information content (AvgIpc) is 3.79. The minimum atomic E-state index is -5.37. The number of carbonyl (C=O) groups excluding carboxylic acids is 4. The van der Waals surface area contributed by atoms with E-state index in [4.69, 9.17) is 9.05 Å². The van der Waals surface area contributed by atoms with E-state index in [-0.39, 0.29) is 68.6 Å². The average molecular weight is 864 g/mol. The Morgan fingerprint density at radius 3 is 2.64 bits per heavy atom. The number of hydrogen-bond acceptors (Lipinski definition) is 11. The van der Waals surface area contributed by atoms with E-state index in [1.54, 1.807) is 22.2 Å². The van der Waals surface area contributed by atoms with Crippen LogP contribution in [0.2, 0.25) is 0 Å². The normalized spacial score (nSPS) is 20.7. The number of carbonyl (C=O) groups is 4. The number of halogens is 2. The quantitative estimate of drug-likeness (QED) is 0.0971. The first-order valence-corrected chi connectivity index (χ1v) is 22.9. The van der Waals surface area contributed by atoms with Crippen LogP contribution in [0.3, 0.4) is 0 Å². The summed E-state index contributed by atoms with van der Waals surface area (Å²) in [6, 6.07) is 14.5. The molecule has 0 aliphatic carbocycles. The van der Waals surface area contributed by atoms with E-state index < -0.39 is 43.4 Å². The van der Waals surface area contributed by atoms with Crippen molar-refractivity contribution in [3.8, 4) is 11.8 Å². The smallest absolute Gasteiger partial charge is 0.420 e. The van der Waals surface area contributed by atoms with Gasteiger partial charge in [0.25, 0.3) is 5.91 Å². The summed E-state index contributed by atoms with van der Waals surface area (Å²) in [7, 11) is -5.37. The molecule has 3 amide bonds. The second-order valence-electron chi connectivity index (χ2n) is 15.5. The largest absolute Gasteiger partial charge is 0.453 e. The number of nitrogens with one attached hydrogen (secondary N) is 1. The number of fused-ring (bicyclic) bond motifs is 2. The highest BCUT2D eigenvalue weighted by Crippen LogP contribution is 2.66. The van der Waals surface area contributed by atoms with Crippen molar-refractivity contribution < 1.29 is 41.6 Å². The molecule has 59 heavy (non-hydrogen) atoms. The van der Waals surface area contributed by atoms with Crippen molar-refractivity contribution in [2.75, 3.05) is 25.4 Å². The molecule has 3 fully saturated rings. The molecule has 1 N–H and O–H groups in total. The van der Waals surface area contributed by atoms with Crippen LogP contribution >= 0.6 is 30.7 Å². The zero-order valence-corrected chi connectivity index (χ0v) is 35.1. The van der Waals surface area contributed by atoms with Crippen LogP contribution in [0.5, 0.6) is 5.75 Å². The molecule has 0 saturated carbocycles. The van der Waals surface area contributed by atoms with Crippen LogP contribution in [0.25, 0.3) is 10.1 Å². The van der Waals surface area contributed by atoms with E-state index >= 15 is 8.78 Å². The maximum atomic E-state index is 16.5. The number of thioether (sulfide) groups is 1. The van der Waals surface area contributed by atoms with Gasteiger partial charge in [-0.05, 0) is 91.4 Å². The summed E-state index contributed by atoms with van der Waals surface area (Å²) in [5.41, 5.74) is -3.73. The molecule has 3 saturated heterocycles. The van der Waals surface area contributed by atoms with Gasteiger partial charge in [-0.25, -0.2) is 4.57 Å². The number of thiophene rings is 1. The Morgan fingerprint density at radius 2 is 1.90 bits per heavy atom. The van der Waals surface area contributed by atoms with Crippen LogP contribution < -0.4 is 9.84 Å². The molecule has 3 aliphatic rings. The Labute approximate surface area is 349 Å². The van der Waals surface area contributed by atoms with E-state index in [2.05, 4.69) is 10.3 Å². The highest BCUT2D eigenvalue weighted by molar-refractivity contribution is 8.13. The summed E-state index contributed by atoms with van der Waals surface area (Å²) in [5, 5.41) is 12.3. The number of rotatable bonds is 14. The SMILES string of the molecule is CC(C)CC(=O)SCCOP(=O)(Oc1cccc(C#N)c1)C(F)(F)c1ccc2sc(C(=O)N[C@H]3CCC[C@H]4CC[C@@H](C(=O)N5CC(c6cccnc6)C5)N4C3=O)cc2c1. The highest BCUT2D eigenvalue weighted by atomic mass is 32.2. The van der Waals surface area contributed by atoms with E-state index in [1.807, 2.05) is 32.0 Å². The van der Waals surface area contributed by atoms with Crippen molar-refractivity contribution in [3.63, 3.8) is 0 Å². The summed E-state index contributed by atoms with van der Waals surface area (Å²) >= 11 is 1.94. The molecule has 7 rings (SSSR count). The first-order valence-electron chi connectivity index (χ1n) is 19.6. The molecular formula is C42H44F2N5O7PS2. The molecular weight excluding hydrogens is 820 g/mol. The van der Waals surface area contributed by atoms with Crippen LogP contribution in [0.15, 0.2) is 73.1 Å². The van der Waals surface area contributed by atoms with Crippen LogP contribution in [0, 0.1) is 17.2 Å². The number of nitrogens with zero attached hydrogens (tertiary/aromatic N) is 4. The van der Waals surface area contributed by atoms with Crippen LogP contribution in [0.1, 0.15) is 84.7 Å². The number of benzene rings is 2. The molecule has 3 aliphatic heterocycles. The van der Waals surface area contributed by atoms with Gasteiger partial charge in [0.05, 0.1) is 23.1 Å². The third kappa shape index (κ3) is 9.23. The van der Waals surface area contributed by atoms with Crippen LogP contribution in [0.4, 0.5) is 8.78 Å². The predicted molar refractivity (Wildman–Crippen MR) is 220 cm³/mol. The lowest BCUT2D eigenvalue weighted by atomic mass is 9.92. The topological polar surface area (TPSA) is 159 Å². The molecule has 0 bridgehead atoms. The molecule has 1 unspecified atom stereocenters. The van der Waals surface area contributed by atoms with Gasteiger partial charge in [0.2, 0.25) is 11.8 Å². The van der Waals surface area contributed by atoms with Crippen molar-refractivity contribution in [1.82, 2.24) is 20.1 Å². The fourth-order valence-electron chi connectivity index (χ4n) is 7.80. The van der Waals surface area contributed by atoms with Gasteiger partial charge in [-0.15, -0.1) is 11.3 Å². The molecule has 4 aromatic rings. The number of pyridine rings is 1. The molecule has 17 heteroatoms. The third-order valence-electron chi connectivity index (χ3n) is 10.8. The Balaban J connectivity index is 1.05. The number of alkyl halides is 2. The Hall–Kier alpha value is -4.68. The fraction of sp³-hybridized carbons (Fsp3) is 0.429. The van der Waals surface area contributed by atoms with Crippen molar-refractivity contribution in [2.24, 2.45) is 5.92 Å². The van der Waals surface area contributed by atoms with Gasteiger partial charge in [-0.1, -0.05) is 43.8 Å². The number of likely N-dealkylation sites (tertiary alicyclic amines) is 1. The number of aromatic nitrogens is 1. The van der Waals surface area contributed by atoms with Crippen molar-refractivity contribution in [1.29, 1.82) is 5.26 Å². The molecule has 0 radical (unpaired) electrons. The van der Waals surface area contributed by atoms with Crippen molar-refractivity contribution in [2.45, 2.75) is 82.1 Å². The first kappa shape index (κ1) is 42.4. The summed E-state index contributed by atoms with van der Waals surface area (Å²) in [4.78, 5) is 61.5. The second kappa shape index (κ2) is 17.9. The zero-order valence-electron chi connectivity index (χ0n) is 32.6. The van der Waals surface area contributed by atoms with E-state index in [9.17, 15) is 29.0 Å². The summed E-state index contributed by atoms with van der Waals surface area (Å²) in [5.74, 6) is -0.948. The molecule has 12 nitrogen and oxygen atoms in total. The van der Waals surface area contributed by atoms with Crippen molar-refractivity contribution >= 4 is 63.6 Å².